The molecule has 28 heavy (non-hydrogen) atoms. The minimum atomic E-state index is -3.58. The molecule has 0 aliphatic carbocycles. The Morgan fingerprint density at radius 3 is 2.46 bits per heavy atom. The fraction of sp³-hybridized carbons (Fsp3) is 0.353. The van der Waals surface area contributed by atoms with Gasteiger partial charge >= 0.3 is 6.01 Å². The van der Waals surface area contributed by atoms with Crippen LogP contribution in [0.25, 0.3) is 5.76 Å². The number of amides is 1. The van der Waals surface area contributed by atoms with Gasteiger partial charge in [-0.15, -0.1) is 5.10 Å². The first-order chi connectivity index (χ1) is 13.5. The molecule has 0 fully saturated rings. The van der Waals surface area contributed by atoms with Gasteiger partial charge in [-0.05, 0) is 24.3 Å². The molecule has 0 saturated heterocycles. The third-order valence-corrected chi connectivity index (χ3v) is 6.03. The van der Waals surface area contributed by atoms with Crippen LogP contribution in [-0.2, 0) is 19.5 Å². The van der Waals surface area contributed by atoms with E-state index in [1.54, 1.807) is 13.8 Å². The molecule has 0 atom stereocenters. The molecule has 1 amide bonds. The van der Waals surface area contributed by atoms with Gasteiger partial charge in [0.15, 0.2) is 0 Å². The smallest absolute Gasteiger partial charge is 0.322 e. The van der Waals surface area contributed by atoms with Crippen molar-refractivity contribution < 1.29 is 27.1 Å². The number of anilines is 1. The van der Waals surface area contributed by atoms with Crippen molar-refractivity contribution in [3.8, 4) is 0 Å². The summed E-state index contributed by atoms with van der Waals surface area (Å²) in [5, 5.41) is 9.97. The highest BCUT2D eigenvalue weighted by Crippen LogP contribution is 2.20. The molecular formula is C17H20N4O6S. The van der Waals surface area contributed by atoms with E-state index in [0.29, 0.717) is 26.3 Å². The molecular weight excluding hydrogens is 388 g/mol. The standard InChI is InChI=1S/C17H20N4O6S/c1-3-21(4-2)28(23,24)13-7-5-12(6-8-13)15(22)18-17-20-19-16(27-17)14-11-25-9-10-26-14/h5-8,11H,3-4,9-10H2,1-2H3,(H,18,20,22). The third kappa shape index (κ3) is 4.15. The van der Waals surface area contributed by atoms with Crippen LogP contribution in [0, 0.1) is 0 Å². The summed E-state index contributed by atoms with van der Waals surface area (Å²) < 4.78 is 42.1. The van der Waals surface area contributed by atoms with Crippen LogP contribution in [0.2, 0.25) is 0 Å². The van der Waals surface area contributed by atoms with E-state index < -0.39 is 15.9 Å². The van der Waals surface area contributed by atoms with Gasteiger partial charge in [0.05, 0.1) is 4.90 Å². The highest BCUT2D eigenvalue weighted by Gasteiger charge is 2.22. The lowest BCUT2D eigenvalue weighted by Crippen LogP contribution is -2.30. The maximum Gasteiger partial charge on any atom is 0.322 e. The minimum Gasteiger partial charge on any atom is -0.494 e. The second-order valence-corrected chi connectivity index (χ2v) is 7.62. The molecule has 150 valence electrons. The van der Waals surface area contributed by atoms with Gasteiger partial charge in [0, 0.05) is 18.7 Å². The van der Waals surface area contributed by atoms with E-state index in [4.69, 9.17) is 13.9 Å². The summed E-state index contributed by atoms with van der Waals surface area (Å²) in [6.45, 7) is 5.06. The Labute approximate surface area is 162 Å². The average Bonchev–Trinajstić information content (AvgIpc) is 3.18. The fourth-order valence-electron chi connectivity index (χ4n) is 2.51. The van der Waals surface area contributed by atoms with Gasteiger partial charge in [-0.2, -0.15) is 4.31 Å². The second-order valence-electron chi connectivity index (χ2n) is 5.68. The molecule has 1 aliphatic rings. The number of ether oxygens (including phenoxy) is 2. The molecule has 0 saturated carbocycles. The van der Waals surface area contributed by atoms with Crippen molar-refractivity contribution >= 4 is 27.7 Å². The summed E-state index contributed by atoms with van der Waals surface area (Å²) in [7, 11) is -3.58. The summed E-state index contributed by atoms with van der Waals surface area (Å²) >= 11 is 0. The summed E-state index contributed by atoms with van der Waals surface area (Å²) in [6, 6.07) is 5.50. The lowest BCUT2D eigenvalue weighted by molar-refractivity contribution is 0.102. The molecule has 11 heteroatoms. The predicted molar refractivity (Wildman–Crippen MR) is 98.7 cm³/mol. The summed E-state index contributed by atoms with van der Waals surface area (Å²) in [5.41, 5.74) is 0.245. The molecule has 0 bridgehead atoms. The highest BCUT2D eigenvalue weighted by molar-refractivity contribution is 7.89. The van der Waals surface area contributed by atoms with Crippen LogP contribution in [0.3, 0.4) is 0 Å². The summed E-state index contributed by atoms with van der Waals surface area (Å²) in [4.78, 5) is 12.5. The number of rotatable bonds is 7. The molecule has 0 unspecified atom stereocenters. The van der Waals surface area contributed by atoms with Gasteiger partial charge in [-0.25, -0.2) is 8.42 Å². The van der Waals surface area contributed by atoms with Crippen LogP contribution in [0.4, 0.5) is 6.01 Å². The maximum atomic E-state index is 12.5. The number of carbonyl (C=O) groups is 1. The van der Waals surface area contributed by atoms with E-state index in [1.807, 2.05) is 0 Å². The Morgan fingerprint density at radius 2 is 1.86 bits per heavy atom. The molecule has 10 nitrogen and oxygen atoms in total. The van der Waals surface area contributed by atoms with Crippen LogP contribution in [-0.4, -0.2) is 55.1 Å². The predicted octanol–water partition coefficient (Wildman–Crippen LogP) is 1.70. The van der Waals surface area contributed by atoms with E-state index in [1.165, 1.54) is 34.8 Å². The van der Waals surface area contributed by atoms with Crippen molar-refractivity contribution in [2.45, 2.75) is 18.7 Å². The van der Waals surface area contributed by atoms with Gasteiger partial charge in [-0.1, -0.05) is 18.9 Å². The van der Waals surface area contributed by atoms with Crippen molar-refractivity contribution in [1.82, 2.24) is 14.5 Å². The van der Waals surface area contributed by atoms with Crippen LogP contribution in [0.1, 0.15) is 30.1 Å². The molecule has 0 spiro atoms. The van der Waals surface area contributed by atoms with Crippen LogP contribution in [0.5, 0.6) is 0 Å². The lowest BCUT2D eigenvalue weighted by Gasteiger charge is -2.18. The second kappa shape index (κ2) is 8.40. The number of benzene rings is 1. The van der Waals surface area contributed by atoms with Crippen LogP contribution >= 0.6 is 0 Å². The van der Waals surface area contributed by atoms with Crippen LogP contribution in [0.15, 0.2) is 39.8 Å². The third-order valence-electron chi connectivity index (χ3n) is 3.97. The number of hydrogen-bond acceptors (Lipinski definition) is 8. The largest absolute Gasteiger partial charge is 0.494 e. The molecule has 2 heterocycles. The Morgan fingerprint density at radius 1 is 1.14 bits per heavy atom. The molecule has 3 rings (SSSR count). The van der Waals surface area contributed by atoms with Gasteiger partial charge in [0.25, 0.3) is 11.8 Å². The molecule has 1 aliphatic heterocycles. The molecule has 0 radical (unpaired) electrons. The van der Waals surface area contributed by atoms with Gasteiger partial charge in [-0.3, -0.25) is 10.1 Å². The molecule has 2 aromatic rings. The number of nitrogens with one attached hydrogen (secondary N) is 1. The normalized spacial score (nSPS) is 14.2. The van der Waals surface area contributed by atoms with E-state index in [-0.39, 0.29) is 28.1 Å². The number of nitrogens with zero attached hydrogens (tertiary/aromatic N) is 3. The quantitative estimate of drug-likeness (QED) is 0.734. The number of carbonyl (C=O) groups excluding carboxylic acids is 1. The molecule has 1 aromatic heterocycles. The SMILES string of the molecule is CCN(CC)S(=O)(=O)c1ccc(C(=O)Nc2nnc(C3=COCCO3)o2)cc1. The first-order valence-corrected chi connectivity index (χ1v) is 10.1. The number of aromatic nitrogens is 2. The van der Waals surface area contributed by atoms with Gasteiger partial charge in [0.2, 0.25) is 15.8 Å². The Hall–Kier alpha value is -2.92. The first-order valence-electron chi connectivity index (χ1n) is 8.65. The molecule has 1 aromatic carbocycles. The Balaban J connectivity index is 1.70. The highest BCUT2D eigenvalue weighted by atomic mass is 32.2. The summed E-state index contributed by atoms with van der Waals surface area (Å²) in [5.74, 6) is -0.155. The van der Waals surface area contributed by atoms with Crippen molar-refractivity contribution in [1.29, 1.82) is 0 Å². The Bertz CT molecular complexity index is 964. The zero-order valence-corrected chi connectivity index (χ0v) is 16.2. The molecule has 1 N–H and O–H groups in total. The van der Waals surface area contributed by atoms with E-state index in [9.17, 15) is 13.2 Å². The van der Waals surface area contributed by atoms with Gasteiger partial charge in [0.1, 0.15) is 19.5 Å². The topological polar surface area (TPSA) is 124 Å². The monoisotopic (exact) mass is 408 g/mol. The Kier molecular flexibility index (Phi) is 5.95. The van der Waals surface area contributed by atoms with E-state index in [2.05, 4.69) is 15.5 Å². The van der Waals surface area contributed by atoms with E-state index >= 15 is 0 Å². The maximum absolute atomic E-state index is 12.5. The van der Waals surface area contributed by atoms with Crippen molar-refractivity contribution in [3.63, 3.8) is 0 Å². The number of sulfonamides is 1. The first kappa shape index (κ1) is 19.8. The van der Waals surface area contributed by atoms with Gasteiger partial charge < -0.3 is 13.9 Å². The summed E-state index contributed by atoms with van der Waals surface area (Å²) in [6.07, 6.45) is 1.36. The zero-order chi connectivity index (χ0) is 20.1. The average molecular weight is 408 g/mol. The van der Waals surface area contributed by atoms with Crippen molar-refractivity contribution in [2.24, 2.45) is 0 Å². The van der Waals surface area contributed by atoms with E-state index in [0.717, 1.165) is 0 Å². The van der Waals surface area contributed by atoms with Crippen molar-refractivity contribution in [2.75, 3.05) is 31.6 Å². The lowest BCUT2D eigenvalue weighted by atomic mass is 10.2. The number of hydrogen-bond donors (Lipinski definition) is 1. The zero-order valence-electron chi connectivity index (χ0n) is 15.4. The fourth-order valence-corrected chi connectivity index (χ4v) is 3.97. The van der Waals surface area contributed by atoms with Crippen molar-refractivity contribution in [3.05, 3.63) is 42.0 Å². The van der Waals surface area contributed by atoms with Crippen LogP contribution < -0.4 is 5.32 Å². The minimum absolute atomic E-state index is 0.0793.